The van der Waals surface area contributed by atoms with Crippen LogP contribution in [0, 0.1) is 0 Å². The number of hydrogen-bond acceptors (Lipinski definition) is 3. The highest BCUT2D eigenvalue weighted by Crippen LogP contribution is 2.09. The molecule has 1 rings (SSSR count). The van der Waals surface area contributed by atoms with Crippen LogP contribution in [0.15, 0.2) is 17.4 Å². The average Bonchev–Trinajstić information content (AvgIpc) is 2.54. The average molecular weight is 198 g/mol. The first-order valence-electron chi connectivity index (χ1n) is 4.01. The van der Waals surface area contributed by atoms with Crippen LogP contribution in [-0.4, -0.2) is 28.8 Å². The second-order valence-electron chi connectivity index (χ2n) is 2.52. The number of nitrogens with one attached hydrogen (secondary N) is 1. The minimum atomic E-state index is 0.844. The zero-order chi connectivity index (χ0) is 9.68. The van der Waals surface area contributed by atoms with E-state index in [9.17, 15) is 0 Å². The molecule has 13 heavy (non-hydrogen) atoms. The van der Waals surface area contributed by atoms with Gasteiger partial charge in [-0.15, -0.1) is 0 Å². The van der Waals surface area contributed by atoms with Crippen LogP contribution in [0.2, 0.25) is 0 Å². The van der Waals surface area contributed by atoms with Gasteiger partial charge in [-0.1, -0.05) is 11.8 Å². The number of nitrogens with zero attached hydrogens (tertiary/aromatic N) is 3. The topological polar surface area (TPSA) is 42.2 Å². The molecule has 5 heteroatoms. The minimum Gasteiger partial charge on any atom is -0.368 e. The summed E-state index contributed by atoms with van der Waals surface area (Å²) in [5.74, 6) is 1.90. The molecular formula is C8H14N4S. The summed E-state index contributed by atoms with van der Waals surface area (Å²) >= 11 is 1.65. The number of rotatable bonds is 2. The van der Waals surface area contributed by atoms with E-state index in [4.69, 9.17) is 0 Å². The summed E-state index contributed by atoms with van der Waals surface area (Å²) in [6, 6.07) is 0. The molecule has 0 fully saturated rings. The monoisotopic (exact) mass is 198 g/mol. The number of aromatic nitrogens is 2. The van der Waals surface area contributed by atoms with Crippen molar-refractivity contribution in [2.75, 3.05) is 14.1 Å². The summed E-state index contributed by atoms with van der Waals surface area (Å²) in [7, 11) is 5.63. The van der Waals surface area contributed by atoms with Crippen LogP contribution in [0.25, 0.3) is 0 Å². The van der Waals surface area contributed by atoms with E-state index in [1.54, 1.807) is 25.0 Å². The summed E-state index contributed by atoms with van der Waals surface area (Å²) in [5, 5.41) is 3.94. The third-order valence-corrected chi connectivity index (χ3v) is 2.74. The number of amidine groups is 1. The quantitative estimate of drug-likeness (QED) is 0.566. The predicted octanol–water partition coefficient (Wildman–Crippen LogP) is 0.859. The van der Waals surface area contributed by atoms with Crippen LogP contribution < -0.4 is 5.32 Å². The fourth-order valence-electron chi connectivity index (χ4n) is 0.917. The van der Waals surface area contributed by atoms with Gasteiger partial charge in [0.15, 0.2) is 5.17 Å². The van der Waals surface area contributed by atoms with Crippen molar-refractivity contribution in [3.05, 3.63) is 18.2 Å². The van der Waals surface area contributed by atoms with Crippen LogP contribution in [0.4, 0.5) is 0 Å². The van der Waals surface area contributed by atoms with Gasteiger partial charge in [0.2, 0.25) is 0 Å². The molecule has 1 heterocycles. The van der Waals surface area contributed by atoms with Crippen molar-refractivity contribution >= 4 is 16.9 Å². The largest absolute Gasteiger partial charge is 0.368 e. The van der Waals surface area contributed by atoms with Crippen LogP contribution in [-0.2, 0) is 12.8 Å². The van der Waals surface area contributed by atoms with Gasteiger partial charge in [0.25, 0.3) is 0 Å². The number of aliphatic imine (C=N–C) groups is 1. The Morgan fingerprint density at radius 3 is 3.00 bits per heavy atom. The van der Waals surface area contributed by atoms with Gasteiger partial charge in [-0.3, -0.25) is 4.99 Å². The first-order valence-corrected chi connectivity index (χ1v) is 5.00. The van der Waals surface area contributed by atoms with Crippen molar-refractivity contribution in [2.45, 2.75) is 5.75 Å². The Labute approximate surface area is 82.5 Å². The molecule has 0 bridgehead atoms. The molecule has 4 nitrogen and oxygen atoms in total. The summed E-state index contributed by atoms with van der Waals surface area (Å²) in [5.41, 5.74) is 0. The molecule has 0 atom stereocenters. The van der Waals surface area contributed by atoms with Gasteiger partial charge in [0.05, 0.1) is 5.75 Å². The molecule has 0 aliphatic heterocycles. The molecule has 0 aliphatic rings. The van der Waals surface area contributed by atoms with Gasteiger partial charge in [-0.25, -0.2) is 4.98 Å². The fraction of sp³-hybridized carbons (Fsp3) is 0.500. The van der Waals surface area contributed by atoms with E-state index >= 15 is 0 Å². The van der Waals surface area contributed by atoms with E-state index in [-0.39, 0.29) is 0 Å². The van der Waals surface area contributed by atoms with Crippen molar-refractivity contribution in [1.29, 1.82) is 0 Å². The number of thioether (sulfide) groups is 1. The van der Waals surface area contributed by atoms with Gasteiger partial charge in [-0.2, -0.15) is 0 Å². The highest BCUT2D eigenvalue weighted by molar-refractivity contribution is 8.13. The van der Waals surface area contributed by atoms with Crippen LogP contribution in [0.5, 0.6) is 0 Å². The molecule has 0 unspecified atom stereocenters. The predicted molar refractivity (Wildman–Crippen MR) is 56.9 cm³/mol. The molecule has 1 aromatic rings. The second-order valence-corrected chi connectivity index (χ2v) is 3.49. The van der Waals surface area contributed by atoms with Crippen LogP contribution >= 0.6 is 11.8 Å². The molecule has 0 aliphatic carbocycles. The summed E-state index contributed by atoms with van der Waals surface area (Å²) < 4.78 is 2.01. The Bertz CT molecular complexity index is 292. The van der Waals surface area contributed by atoms with E-state index in [1.165, 1.54) is 0 Å². The maximum atomic E-state index is 4.22. The van der Waals surface area contributed by atoms with Crippen molar-refractivity contribution in [1.82, 2.24) is 14.9 Å². The van der Waals surface area contributed by atoms with Gasteiger partial charge < -0.3 is 9.88 Å². The van der Waals surface area contributed by atoms with E-state index in [2.05, 4.69) is 15.3 Å². The summed E-state index contributed by atoms with van der Waals surface area (Å²) in [6.07, 6.45) is 3.75. The van der Waals surface area contributed by atoms with E-state index in [0.717, 1.165) is 16.7 Å². The Balaban J connectivity index is 2.48. The lowest BCUT2D eigenvalue weighted by Crippen LogP contribution is -2.14. The standard InChI is InChI=1S/C8H14N4S/c1-9-8(10-2)13-6-7-11-4-5-12(7)3/h4-5H,6H2,1-3H3,(H,9,10). The fourth-order valence-corrected chi connectivity index (χ4v) is 1.73. The van der Waals surface area contributed by atoms with Crippen molar-refractivity contribution < 1.29 is 0 Å². The first kappa shape index (κ1) is 10.1. The second kappa shape index (κ2) is 4.91. The minimum absolute atomic E-state index is 0.844. The molecule has 0 saturated heterocycles. The van der Waals surface area contributed by atoms with Gasteiger partial charge in [0, 0.05) is 33.5 Å². The molecule has 1 N–H and O–H groups in total. The maximum absolute atomic E-state index is 4.22. The Hall–Kier alpha value is -0.970. The zero-order valence-corrected chi connectivity index (χ0v) is 8.93. The van der Waals surface area contributed by atoms with Gasteiger partial charge >= 0.3 is 0 Å². The molecule has 0 aromatic carbocycles. The smallest absolute Gasteiger partial charge is 0.156 e. The van der Waals surface area contributed by atoms with Gasteiger partial charge in [-0.05, 0) is 0 Å². The van der Waals surface area contributed by atoms with Gasteiger partial charge in [0.1, 0.15) is 5.82 Å². The third kappa shape index (κ3) is 2.77. The highest BCUT2D eigenvalue weighted by atomic mass is 32.2. The van der Waals surface area contributed by atoms with Crippen molar-refractivity contribution in [3.63, 3.8) is 0 Å². The number of hydrogen-bond donors (Lipinski definition) is 1. The van der Waals surface area contributed by atoms with Crippen molar-refractivity contribution in [3.8, 4) is 0 Å². The lowest BCUT2D eigenvalue weighted by Gasteiger charge is -2.03. The maximum Gasteiger partial charge on any atom is 0.156 e. The molecule has 0 saturated carbocycles. The Morgan fingerprint density at radius 2 is 2.54 bits per heavy atom. The Kier molecular flexibility index (Phi) is 3.82. The van der Waals surface area contributed by atoms with Crippen molar-refractivity contribution in [2.24, 2.45) is 12.0 Å². The summed E-state index contributed by atoms with van der Waals surface area (Å²) in [4.78, 5) is 8.28. The van der Waals surface area contributed by atoms with E-state index in [1.807, 2.05) is 24.9 Å². The van der Waals surface area contributed by atoms with Crippen LogP contribution in [0.3, 0.4) is 0 Å². The SMILES string of the molecule is CN=C(NC)SCc1nccn1C. The van der Waals surface area contributed by atoms with Crippen LogP contribution in [0.1, 0.15) is 5.82 Å². The molecule has 0 amide bonds. The zero-order valence-electron chi connectivity index (χ0n) is 8.11. The van der Waals surface area contributed by atoms with E-state index in [0.29, 0.717) is 0 Å². The first-order chi connectivity index (χ1) is 6.27. The lowest BCUT2D eigenvalue weighted by molar-refractivity contribution is 0.850. The normalized spacial score (nSPS) is 11.8. The molecule has 72 valence electrons. The highest BCUT2D eigenvalue weighted by Gasteiger charge is 2.01. The number of aryl methyl sites for hydroxylation is 1. The van der Waals surface area contributed by atoms with E-state index < -0.39 is 0 Å². The number of imidazole rings is 1. The Morgan fingerprint density at radius 1 is 1.77 bits per heavy atom. The third-order valence-electron chi connectivity index (χ3n) is 1.68. The molecule has 0 radical (unpaired) electrons. The molecule has 1 aromatic heterocycles. The summed E-state index contributed by atoms with van der Waals surface area (Å²) in [6.45, 7) is 0. The molecular weight excluding hydrogens is 184 g/mol. The molecule has 0 spiro atoms. The lowest BCUT2D eigenvalue weighted by atomic mass is 10.7.